The number of anilines is 1. The molecule has 0 aromatic heterocycles. The molecule has 1 aliphatic heterocycles. The van der Waals surface area contributed by atoms with Gasteiger partial charge in [0.1, 0.15) is 11.4 Å². The minimum absolute atomic E-state index is 0.0293. The lowest BCUT2D eigenvalue weighted by molar-refractivity contribution is 0.0619. The number of carbonyl (C=O) groups is 1. The van der Waals surface area contributed by atoms with Gasteiger partial charge in [-0.3, -0.25) is 9.10 Å². The van der Waals surface area contributed by atoms with Crippen molar-refractivity contribution >= 4 is 21.6 Å². The van der Waals surface area contributed by atoms with Gasteiger partial charge < -0.3 is 10.1 Å². The summed E-state index contributed by atoms with van der Waals surface area (Å²) >= 11 is 0. The third-order valence-corrected chi connectivity index (χ3v) is 7.21. The van der Waals surface area contributed by atoms with E-state index in [1.807, 2.05) is 39.0 Å². The predicted octanol–water partition coefficient (Wildman–Crippen LogP) is 4.20. The molecule has 0 bridgehead atoms. The molecule has 6 nitrogen and oxygen atoms in total. The summed E-state index contributed by atoms with van der Waals surface area (Å²) in [6.45, 7) is 9.79. The van der Waals surface area contributed by atoms with Gasteiger partial charge in [0.05, 0.1) is 17.5 Å². The Hall–Kier alpha value is -2.54. The van der Waals surface area contributed by atoms with Crippen molar-refractivity contribution in [2.24, 2.45) is 0 Å². The van der Waals surface area contributed by atoms with E-state index in [2.05, 4.69) is 5.32 Å². The zero-order valence-corrected chi connectivity index (χ0v) is 19.0. The lowest BCUT2D eigenvalue weighted by Gasteiger charge is -2.38. The highest BCUT2D eigenvalue weighted by molar-refractivity contribution is 7.92. The zero-order valence-electron chi connectivity index (χ0n) is 18.2. The number of benzene rings is 2. The summed E-state index contributed by atoms with van der Waals surface area (Å²) < 4.78 is 32.0. The summed E-state index contributed by atoms with van der Waals surface area (Å²) in [4.78, 5) is 12.9. The highest BCUT2D eigenvalue weighted by atomic mass is 32.2. The molecule has 0 spiro atoms. The van der Waals surface area contributed by atoms with Crippen LogP contribution < -0.4 is 14.4 Å². The van der Waals surface area contributed by atoms with Crippen LogP contribution in [0, 0.1) is 6.92 Å². The average Bonchev–Trinajstić information content (AvgIpc) is 2.67. The number of fused-ring (bicyclic) bond motifs is 1. The molecular formula is C23H30N2O4S. The summed E-state index contributed by atoms with van der Waals surface area (Å²) in [6, 6.07) is 12.5. The van der Waals surface area contributed by atoms with E-state index in [0.29, 0.717) is 24.2 Å². The molecule has 0 saturated heterocycles. The first-order valence-electron chi connectivity index (χ1n) is 10.3. The van der Waals surface area contributed by atoms with E-state index in [1.165, 1.54) is 4.31 Å². The number of hydrogen-bond donors (Lipinski definition) is 1. The molecule has 2 aromatic carbocycles. The molecule has 1 aliphatic rings. The lowest BCUT2D eigenvalue weighted by Crippen LogP contribution is -2.41. The fraction of sp³-hybridized carbons (Fsp3) is 0.435. The van der Waals surface area contributed by atoms with Gasteiger partial charge in [-0.25, -0.2) is 8.42 Å². The van der Waals surface area contributed by atoms with Crippen LogP contribution in [0.1, 0.15) is 61.6 Å². The van der Waals surface area contributed by atoms with Crippen LogP contribution in [0.2, 0.25) is 0 Å². The molecule has 0 fully saturated rings. The van der Waals surface area contributed by atoms with Gasteiger partial charge in [0.25, 0.3) is 5.91 Å². The zero-order chi connectivity index (χ0) is 22.1. The van der Waals surface area contributed by atoms with E-state index in [0.717, 1.165) is 16.9 Å². The first-order valence-corrected chi connectivity index (χ1v) is 11.9. The Kier molecular flexibility index (Phi) is 6.13. The number of nitrogens with zero attached hydrogens (tertiary/aromatic N) is 1. The predicted molar refractivity (Wildman–Crippen MR) is 120 cm³/mol. The van der Waals surface area contributed by atoms with Crippen molar-refractivity contribution in [2.45, 2.75) is 52.7 Å². The molecule has 162 valence electrons. The number of amides is 1. The molecule has 2 aromatic rings. The van der Waals surface area contributed by atoms with E-state index >= 15 is 0 Å². The van der Waals surface area contributed by atoms with Crippen LogP contribution in [0.3, 0.4) is 0 Å². The highest BCUT2D eigenvalue weighted by Gasteiger charge is 2.34. The molecule has 7 heteroatoms. The molecule has 0 unspecified atom stereocenters. The maximum absolute atomic E-state index is 12.9. The van der Waals surface area contributed by atoms with Crippen molar-refractivity contribution in [3.05, 3.63) is 59.2 Å². The third kappa shape index (κ3) is 4.61. The summed E-state index contributed by atoms with van der Waals surface area (Å²) in [5, 5.41) is 3.12. The van der Waals surface area contributed by atoms with Crippen molar-refractivity contribution in [1.82, 2.24) is 5.32 Å². The lowest BCUT2D eigenvalue weighted by atomic mass is 9.89. The summed E-state index contributed by atoms with van der Waals surface area (Å²) in [6.07, 6.45) is 0.658. The minimum Gasteiger partial charge on any atom is -0.487 e. The Labute approximate surface area is 179 Å². The Morgan fingerprint density at radius 3 is 2.43 bits per heavy atom. The van der Waals surface area contributed by atoms with Gasteiger partial charge >= 0.3 is 0 Å². The highest BCUT2D eigenvalue weighted by Crippen LogP contribution is 2.40. The van der Waals surface area contributed by atoms with Crippen LogP contribution >= 0.6 is 0 Å². The second-order valence-electron chi connectivity index (χ2n) is 8.25. The first-order chi connectivity index (χ1) is 14.1. The molecule has 1 amide bonds. The van der Waals surface area contributed by atoms with Crippen molar-refractivity contribution in [3.8, 4) is 5.75 Å². The van der Waals surface area contributed by atoms with E-state index in [1.54, 1.807) is 38.1 Å². The third-order valence-electron chi connectivity index (χ3n) is 5.34. The number of rotatable bonds is 6. The van der Waals surface area contributed by atoms with Crippen LogP contribution in [0.15, 0.2) is 42.5 Å². The molecule has 1 atom stereocenters. The fourth-order valence-corrected chi connectivity index (χ4v) is 4.95. The smallest absolute Gasteiger partial charge is 0.251 e. The molecular weight excluding hydrogens is 400 g/mol. The van der Waals surface area contributed by atoms with Crippen LogP contribution in [0.4, 0.5) is 5.69 Å². The minimum atomic E-state index is -3.35. The average molecular weight is 431 g/mol. The van der Waals surface area contributed by atoms with Gasteiger partial charge in [0, 0.05) is 24.1 Å². The molecule has 0 saturated carbocycles. The van der Waals surface area contributed by atoms with E-state index < -0.39 is 15.6 Å². The van der Waals surface area contributed by atoms with Crippen LogP contribution in [0.25, 0.3) is 0 Å². The monoisotopic (exact) mass is 430 g/mol. The number of ether oxygens (including phenoxy) is 1. The van der Waals surface area contributed by atoms with Crippen molar-refractivity contribution < 1.29 is 17.9 Å². The summed E-state index contributed by atoms with van der Waals surface area (Å²) in [5.74, 6) is 0.633. The maximum Gasteiger partial charge on any atom is 0.251 e. The second-order valence-corrected chi connectivity index (χ2v) is 10.4. The van der Waals surface area contributed by atoms with Crippen molar-refractivity contribution in [1.29, 1.82) is 0 Å². The Bertz CT molecular complexity index is 1030. The summed E-state index contributed by atoms with van der Waals surface area (Å²) in [7, 11) is -3.35. The topological polar surface area (TPSA) is 75.7 Å². The molecule has 30 heavy (non-hydrogen) atoms. The SMILES string of the molecule is CCN(c1ccc(C(=O)N[C@H]2CC(C)(C)Oc3cc(C)ccc32)cc1)S(=O)(=O)CC. The Morgan fingerprint density at radius 2 is 1.83 bits per heavy atom. The molecule has 1 heterocycles. The van der Waals surface area contributed by atoms with Crippen LogP contribution in [-0.4, -0.2) is 32.2 Å². The van der Waals surface area contributed by atoms with Gasteiger partial charge in [-0.1, -0.05) is 12.1 Å². The number of aryl methyl sites for hydroxylation is 1. The first kappa shape index (κ1) is 22.2. The molecule has 1 N–H and O–H groups in total. The Balaban J connectivity index is 1.81. The van der Waals surface area contributed by atoms with Crippen molar-refractivity contribution in [3.63, 3.8) is 0 Å². The van der Waals surface area contributed by atoms with E-state index in [4.69, 9.17) is 4.74 Å². The Morgan fingerprint density at radius 1 is 1.17 bits per heavy atom. The summed E-state index contributed by atoms with van der Waals surface area (Å²) in [5.41, 5.74) is 2.73. The van der Waals surface area contributed by atoms with Gasteiger partial charge in [0.2, 0.25) is 10.0 Å². The number of carbonyl (C=O) groups excluding carboxylic acids is 1. The van der Waals surface area contributed by atoms with Gasteiger partial charge in [-0.2, -0.15) is 0 Å². The van der Waals surface area contributed by atoms with E-state index in [9.17, 15) is 13.2 Å². The van der Waals surface area contributed by atoms with Gasteiger partial charge in [-0.05, 0) is 70.5 Å². The maximum atomic E-state index is 12.9. The molecule has 3 rings (SSSR count). The van der Waals surface area contributed by atoms with Crippen LogP contribution in [-0.2, 0) is 10.0 Å². The number of nitrogens with one attached hydrogen (secondary N) is 1. The van der Waals surface area contributed by atoms with Crippen molar-refractivity contribution in [2.75, 3.05) is 16.6 Å². The number of hydrogen-bond acceptors (Lipinski definition) is 4. The van der Waals surface area contributed by atoms with Gasteiger partial charge in [-0.15, -0.1) is 0 Å². The molecule has 0 radical (unpaired) electrons. The van der Waals surface area contributed by atoms with Crippen LogP contribution in [0.5, 0.6) is 5.75 Å². The largest absolute Gasteiger partial charge is 0.487 e. The quantitative estimate of drug-likeness (QED) is 0.745. The fourth-order valence-electron chi connectivity index (χ4n) is 3.80. The second kappa shape index (κ2) is 8.30. The number of sulfonamides is 1. The molecule has 0 aliphatic carbocycles. The van der Waals surface area contributed by atoms with Gasteiger partial charge in [0.15, 0.2) is 0 Å². The normalized spacial score (nSPS) is 17.6. The van der Waals surface area contributed by atoms with E-state index in [-0.39, 0.29) is 17.7 Å². The standard InChI is InChI=1S/C23H30N2O4S/c1-6-25(30(27,28)7-2)18-11-9-17(10-12-18)22(26)24-20-15-23(4,5)29-21-14-16(3)8-13-19(20)21/h8-14,20H,6-7,15H2,1-5H3,(H,24,26)/t20-/m0/s1.